The standard InChI is InChI=1S/C25H29NO4/c1-28-21-11-16(15-6-9-29-13-15)17-10-19-18-4-5-20(27)24-25(18,22(17)23(21)30-24)7-8-26(19)12-14-2-3-14/h6,9,11,13-14,18-20,24,27H,2-5,7-8,10,12H2,1H3/t18?,19?,20?,24-,25-/m1/s1. The number of piperidine rings is 1. The number of nitrogens with zero attached hydrogens (tertiary/aromatic N) is 1. The van der Waals surface area contributed by atoms with E-state index in [4.69, 9.17) is 13.9 Å². The lowest BCUT2D eigenvalue weighted by molar-refractivity contribution is -0.104. The van der Waals surface area contributed by atoms with Gasteiger partial charge in [-0.25, -0.2) is 0 Å². The molecule has 1 N–H and O–H groups in total. The topological polar surface area (TPSA) is 55.1 Å². The van der Waals surface area contributed by atoms with Crippen LogP contribution in [0.2, 0.25) is 0 Å². The second kappa shape index (κ2) is 6.04. The van der Waals surface area contributed by atoms with E-state index < -0.39 is 6.10 Å². The molecule has 1 aromatic heterocycles. The summed E-state index contributed by atoms with van der Waals surface area (Å²) in [5.74, 6) is 3.13. The quantitative estimate of drug-likeness (QED) is 0.836. The third-order valence-corrected chi connectivity index (χ3v) is 8.76. The Kier molecular flexibility index (Phi) is 3.56. The highest BCUT2D eigenvalue weighted by Gasteiger charge is 2.66. The zero-order valence-electron chi connectivity index (χ0n) is 17.5. The summed E-state index contributed by atoms with van der Waals surface area (Å²) in [5, 5.41) is 11.0. The van der Waals surface area contributed by atoms with E-state index in [0.29, 0.717) is 12.0 Å². The molecule has 0 radical (unpaired) electrons. The highest BCUT2D eigenvalue weighted by Crippen LogP contribution is 2.65. The third-order valence-electron chi connectivity index (χ3n) is 8.76. The number of hydrogen-bond donors (Lipinski definition) is 1. The summed E-state index contributed by atoms with van der Waals surface area (Å²) in [6.45, 7) is 2.35. The Morgan fingerprint density at radius 2 is 2.17 bits per heavy atom. The van der Waals surface area contributed by atoms with E-state index in [1.54, 1.807) is 13.4 Å². The second-order valence-corrected chi connectivity index (χ2v) is 10.1. The van der Waals surface area contributed by atoms with Crippen LogP contribution in [-0.4, -0.2) is 48.5 Å². The van der Waals surface area contributed by atoms with Gasteiger partial charge in [0.25, 0.3) is 0 Å². The van der Waals surface area contributed by atoms with Crippen LogP contribution in [0.1, 0.15) is 43.2 Å². The molecule has 7 rings (SSSR count). The summed E-state index contributed by atoms with van der Waals surface area (Å²) in [6, 6.07) is 4.71. The minimum Gasteiger partial charge on any atom is -0.493 e. The Hall–Kier alpha value is -1.98. The maximum atomic E-state index is 11.0. The summed E-state index contributed by atoms with van der Waals surface area (Å²) in [5.41, 5.74) is 4.96. The molecule has 30 heavy (non-hydrogen) atoms. The Morgan fingerprint density at radius 1 is 1.27 bits per heavy atom. The zero-order chi connectivity index (χ0) is 20.0. The first-order chi connectivity index (χ1) is 14.7. The van der Waals surface area contributed by atoms with Crippen LogP contribution in [0.4, 0.5) is 0 Å². The fourth-order valence-electron chi connectivity index (χ4n) is 7.36. The number of rotatable bonds is 4. The van der Waals surface area contributed by atoms with E-state index in [-0.39, 0.29) is 11.5 Å². The molecule has 158 valence electrons. The molecule has 3 aliphatic carbocycles. The summed E-state index contributed by atoms with van der Waals surface area (Å²) in [7, 11) is 1.72. The minimum atomic E-state index is -0.405. The number of furan rings is 1. The smallest absolute Gasteiger partial charge is 0.165 e. The van der Waals surface area contributed by atoms with Crippen molar-refractivity contribution in [3.05, 3.63) is 35.8 Å². The van der Waals surface area contributed by atoms with Crippen molar-refractivity contribution in [2.45, 2.75) is 62.2 Å². The van der Waals surface area contributed by atoms with Crippen LogP contribution in [-0.2, 0) is 11.8 Å². The van der Waals surface area contributed by atoms with Crippen molar-refractivity contribution < 1.29 is 19.0 Å². The molecule has 0 amide bonds. The van der Waals surface area contributed by atoms with Gasteiger partial charge in [0.05, 0.1) is 25.7 Å². The van der Waals surface area contributed by atoms with Crippen molar-refractivity contribution in [2.24, 2.45) is 11.8 Å². The fourth-order valence-corrected chi connectivity index (χ4v) is 7.36. The van der Waals surface area contributed by atoms with Gasteiger partial charge >= 0.3 is 0 Å². The van der Waals surface area contributed by atoms with Crippen LogP contribution < -0.4 is 9.47 Å². The van der Waals surface area contributed by atoms with Crippen LogP contribution in [0, 0.1) is 11.8 Å². The van der Waals surface area contributed by atoms with Crippen LogP contribution in [0.3, 0.4) is 0 Å². The average Bonchev–Trinajstić information content (AvgIpc) is 3.27. The Morgan fingerprint density at radius 3 is 2.93 bits per heavy atom. The monoisotopic (exact) mass is 407 g/mol. The van der Waals surface area contributed by atoms with Gasteiger partial charge < -0.3 is 19.0 Å². The summed E-state index contributed by atoms with van der Waals surface area (Å²) in [6.07, 6.45) is 9.86. The van der Waals surface area contributed by atoms with E-state index in [1.165, 1.54) is 36.1 Å². The normalized spacial score (nSPS) is 36.3. The summed E-state index contributed by atoms with van der Waals surface area (Å²) in [4.78, 5) is 2.78. The van der Waals surface area contributed by atoms with Gasteiger partial charge in [0, 0.05) is 29.1 Å². The maximum Gasteiger partial charge on any atom is 0.165 e. The van der Waals surface area contributed by atoms with Gasteiger partial charge in [0.1, 0.15) is 6.10 Å². The lowest BCUT2D eigenvalue weighted by atomic mass is 9.51. The SMILES string of the molecule is COc1cc(-c2ccoc2)c2c3c1O[C@@H]1C(O)CCC4C(C2)N(CC2CC2)CC[C@]341. The fraction of sp³-hybridized carbons (Fsp3) is 0.600. The molecular formula is C25H29NO4. The average molecular weight is 408 g/mol. The van der Waals surface area contributed by atoms with Crippen molar-refractivity contribution in [2.75, 3.05) is 20.2 Å². The molecule has 5 atom stereocenters. The molecule has 5 heteroatoms. The molecule has 1 saturated heterocycles. The molecular weight excluding hydrogens is 378 g/mol. The molecule has 2 saturated carbocycles. The predicted molar refractivity (Wildman–Crippen MR) is 112 cm³/mol. The second-order valence-electron chi connectivity index (χ2n) is 10.1. The molecule has 2 aromatic rings. The van der Waals surface area contributed by atoms with E-state index in [0.717, 1.165) is 55.2 Å². The van der Waals surface area contributed by atoms with E-state index in [2.05, 4.69) is 11.0 Å². The maximum absolute atomic E-state index is 11.0. The van der Waals surface area contributed by atoms with E-state index >= 15 is 0 Å². The van der Waals surface area contributed by atoms with Crippen LogP contribution in [0.25, 0.3) is 11.1 Å². The first-order valence-electron chi connectivity index (χ1n) is 11.6. The van der Waals surface area contributed by atoms with Gasteiger partial charge in [-0.3, -0.25) is 4.90 Å². The van der Waals surface area contributed by atoms with Crippen LogP contribution in [0.15, 0.2) is 29.1 Å². The molecule has 2 aliphatic heterocycles. The van der Waals surface area contributed by atoms with Gasteiger partial charge in [-0.05, 0) is 80.2 Å². The minimum absolute atomic E-state index is 0.0850. The molecule has 5 nitrogen and oxygen atoms in total. The molecule has 3 heterocycles. The van der Waals surface area contributed by atoms with Crippen molar-refractivity contribution in [1.82, 2.24) is 4.90 Å². The van der Waals surface area contributed by atoms with Crippen molar-refractivity contribution in [3.63, 3.8) is 0 Å². The highest BCUT2D eigenvalue weighted by atomic mass is 16.5. The lowest BCUT2D eigenvalue weighted by Crippen LogP contribution is -2.67. The van der Waals surface area contributed by atoms with Gasteiger partial charge in [0.2, 0.25) is 0 Å². The van der Waals surface area contributed by atoms with E-state index in [1.807, 2.05) is 12.3 Å². The highest BCUT2D eigenvalue weighted by molar-refractivity contribution is 5.76. The number of likely N-dealkylation sites (tertiary alicyclic amines) is 1. The molecule has 3 unspecified atom stereocenters. The van der Waals surface area contributed by atoms with Crippen LogP contribution in [0.5, 0.6) is 11.5 Å². The largest absolute Gasteiger partial charge is 0.493 e. The molecule has 2 bridgehead atoms. The number of ether oxygens (including phenoxy) is 2. The van der Waals surface area contributed by atoms with Gasteiger partial charge in [0.15, 0.2) is 11.5 Å². The summed E-state index contributed by atoms with van der Waals surface area (Å²) < 4.78 is 17.9. The predicted octanol–water partition coefficient (Wildman–Crippen LogP) is 3.77. The van der Waals surface area contributed by atoms with Crippen molar-refractivity contribution >= 4 is 0 Å². The Labute approximate surface area is 177 Å². The van der Waals surface area contributed by atoms with Crippen LogP contribution >= 0.6 is 0 Å². The molecule has 1 aromatic carbocycles. The number of aliphatic hydroxyl groups is 1. The number of aliphatic hydroxyl groups excluding tert-OH is 1. The molecule has 5 aliphatic rings. The third kappa shape index (κ3) is 2.15. The van der Waals surface area contributed by atoms with Gasteiger partial charge in [-0.1, -0.05) is 0 Å². The number of benzene rings is 1. The van der Waals surface area contributed by atoms with Gasteiger partial charge in [-0.15, -0.1) is 0 Å². The Bertz CT molecular complexity index is 997. The first kappa shape index (κ1) is 17.7. The molecule has 1 spiro atoms. The van der Waals surface area contributed by atoms with Gasteiger partial charge in [-0.2, -0.15) is 0 Å². The van der Waals surface area contributed by atoms with E-state index in [9.17, 15) is 5.11 Å². The number of hydrogen-bond acceptors (Lipinski definition) is 5. The Balaban J connectivity index is 1.47. The zero-order valence-corrected chi connectivity index (χ0v) is 17.5. The summed E-state index contributed by atoms with van der Waals surface area (Å²) >= 11 is 0. The van der Waals surface area contributed by atoms with Crippen molar-refractivity contribution in [1.29, 1.82) is 0 Å². The first-order valence-corrected chi connectivity index (χ1v) is 11.6. The molecule has 3 fully saturated rings. The number of methoxy groups -OCH3 is 1. The lowest BCUT2D eigenvalue weighted by Gasteiger charge is -2.59. The van der Waals surface area contributed by atoms with Crippen molar-refractivity contribution in [3.8, 4) is 22.6 Å².